The first-order valence-electron chi connectivity index (χ1n) is 8.98. The number of aromatic amines is 1. The van der Waals surface area contributed by atoms with Crippen molar-refractivity contribution in [3.8, 4) is 0 Å². The lowest BCUT2D eigenvalue weighted by Crippen LogP contribution is -2.18. The van der Waals surface area contributed by atoms with Crippen LogP contribution < -0.4 is 10.9 Å². The van der Waals surface area contributed by atoms with Gasteiger partial charge in [0, 0.05) is 22.7 Å². The minimum absolute atomic E-state index is 0.0177. The molecule has 140 valence electrons. The van der Waals surface area contributed by atoms with Gasteiger partial charge in [0.15, 0.2) is 0 Å². The summed E-state index contributed by atoms with van der Waals surface area (Å²) in [6, 6.07) is 6.01. The van der Waals surface area contributed by atoms with Crippen LogP contribution in [0, 0.1) is 16.0 Å². The number of nitro groups is 1. The Morgan fingerprint density at radius 2 is 2.26 bits per heavy atom. The fourth-order valence-electron chi connectivity index (χ4n) is 3.60. The number of nitrogens with zero attached hydrogens (tertiary/aromatic N) is 2. The van der Waals surface area contributed by atoms with E-state index in [9.17, 15) is 14.9 Å². The van der Waals surface area contributed by atoms with E-state index in [1.165, 1.54) is 17.0 Å². The molecule has 0 aliphatic heterocycles. The van der Waals surface area contributed by atoms with E-state index in [0.29, 0.717) is 17.4 Å². The monoisotopic (exact) mass is 384 g/mol. The summed E-state index contributed by atoms with van der Waals surface area (Å²) >= 11 is 1.61. The number of hydrogen-bond donors (Lipinski definition) is 2. The Morgan fingerprint density at radius 1 is 1.44 bits per heavy atom. The number of H-pyrrole nitrogens is 1. The number of aryl methyl sites for hydroxylation is 1. The predicted molar refractivity (Wildman–Crippen MR) is 107 cm³/mol. The van der Waals surface area contributed by atoms with Gasteiger partial charge in [-0.1, -0.05) is 13.0 Å². The zero-order valence-corrected chi connectivity index (χ0v) is 15.9. The van der Waals surface area contributed by atoms with Crippen molar-refractivity contribution in [1.29, 1.82) is 0 Å². The lowest BCUT2D eigenvalue weighted by Gasteiger charge is -2.17. The number of hydrogen-bond acceptors (Lipinski definition) is 6. The Labute approximate surface area is 159 Å². The molecule has 27 heavy (non-hydrogen) atoms. The molecule has 0 spiro atoms. The first kappa shape index (κ1) is 17.7. The molecule has 2 atom stereocenters. The number of nitrogens with one attached hydrogen (secondary N) is 2. The second kappa shape index (κ2) is 6.77. The van der Waals surface area contributed by atoms with Crippen LogP contribution in [0.15, 0.2) is 29.1 Å². The van der Waals surface area contributed by atoms with Gasteiger partial charge in [-0.2, -0.15) is 0 Å². The van der Waals surface area contributed by atoms with Gasteiger partial charge in [0.05, 0.1) is 16.4 Å². The second-order valence-corrected chi connectivity index (χ2v) is 8.24. The van der Waals surface area contributed by atoms with Gasteiger partial charge in [-0.15, -0.1) is 11.3 Å². The molecule has 2 heterocycles. The molecule has 3 aromatic rings. The maximum atomic E-state index is 12.7. The number of nitro benzene ring substituents is 1. The van der Waals surface area contributed by atoms with Crippen LogP contribution in [-0.2, 0) is 12.8 Å². The van der Waals surface area contributed by atoms with E-state index in [1.54, 1.807) is 23.5 Å². The van der Waals surface area contributed by atoms with Crippen molar-refractivity contribution in [3.63, 3.8) is 0 Å². The van der Waals surface area contributed by atoms with Gasteiger partial charge in [0.2, 0.25) is 0 Å². The second-order valence-electron chi connectivity index (χ2n) is 7.16. The molecule has 1 aliphatic carbocycles. The summed E-state index contributed by atoms with van der Waals surface area (Å²) < 4.78 is 0. The zero-order chi connectivity index (χ0) is 19.1. The van der Waals surface area contributed by atoms with Gasteiger partial charge in [-0.05, 0) is 43.7 Å². The number of benzene rings is 1. The Hall–Kier alpha value is -2.74. The van der Waals surface area contributed by atoms with E-state index in [2.05, 4.69) is 22.2 Å². The number of non-ortho nitro benzene ring substituents is 1. The van der Waals surface area contributed by atoms with Gasteiger partial charge in [0.1, 0.15) is 10.7 Å². The highest BCUT2D eigenvalue weighted by atomic mass is 32.1. The summed E-state index contributed by atoms with van der Waals surface area (Å²) in [5.74, 6) is 1.17. The number of rotatable bonds is 4. The summed E-state index contributed by atoms with van der Waals surface area (Å²) in [7, 11) is 0. The van der Waals surface area contributed by atoms with Gasteiger partial charge in [-0.3, -0.25) is 14.9 Å². The molecule has 0 saturated carbocycles. The van der Waals surface area contributed by atoms with Crippen LogP contribution in [0.4, 0.5) is 11.4 Å². The van der Waals surface area contributed by atoms with Gasteiger partial charge >= 0.3 is 0 Å². The van der Waals surface area contributed by atoms with Crippen LogP contribution in [-0.4, -0.2) is 14.9 Å². The molecule has 0 saturated heterocycles. The molecule has 7 nitrogen and oxygen atoms in total. The van der Waals surface area contributed by atoms with E-state index in [-0.39, 0.29) is 17.3 Å². The van der Waals surface area contributed by atoms with E-state index in [0.717, 1.165) is 35.0 Å². The number of fused-ring (bicyclic) bond motifs is 3. The van der Waals surface area contributed by atoms with E-state index in [4.69, 9.17) is 0 Å². The van der Waals surface area contributed by atoms with Crippen LogP contribution in [0.3, 0.4) is 0 Å². The third kappa shape index (κ3) is 3.32. The highest BCUT2D eigenvalue weighted by Gasteiger charge is 2.23. The first-order valence-corrected chi connectivity index (χ1v) is 9.79. The average Bonchev–Trinajstić information content (AvgIpc) is 2.99. The van der Waals surface area contributed by atoms with Crippen molar-refractivity contribution in [2.24, 2.45) is 5.92 Å². The fourth-order valence-corrected chi connectivity index (χ4v) is 4.99. The lowest BCUT2D eigenvalue weighted by atomic mass is 9.89. The summed E-state index contributed by atoms with van der Waals surface area (Å²) in [6.07, 6.45) is 3.04. The fraction of sp³-hybridized carbons (Fsp3) is 0.368. The zero-order valence-electron chi connectivity index (χ0n) is 15.1. The van der Waals surface area contributed by atoms with Gasteiger partial charge in [0.25, 0.3) is 11.2 Å². The molecule has 1 aliphatic rings. The van der Waals surface area contributed by atoms with Crippen molar-refractivity contribution in [2.45, 2.75) is 39.2 Å². The molecule has 2 N–H and O–H groups in total. The Morgan fingerprint density at radius 3 is 3.04 bits per heavy atom. The highest BCUT2D eigenvalue weighted by molar-refractivity contribution is 7.18. The summed E-state index contributed by atoms with van der Waals surface area (Å²) in [5.41, 5.74) is 1.69. The molecule has 2 aromatic heterocycles. The molecule has 0 bridgehead atoms. The standard InChI is InChI=1S/C19H20N4O3S/c1-10-6-7-14-15(8-10)27-19-16(14)18(24)21-17(22-19)11(2)20-12-4-3-5-13(9-12)23(25)26/h3-5,9-11,20H,6-8H2,1-2H3,(H,21,22,24)/t10-,11-/m1/s1. The van der Waals surface area contributed by atoms with Crippen LogP contribution in [0.2, 0.25) is 0 Å². The normalized spacial score (nSPS) is 17.5. The molecule has 1 aromatic carbocycles. The third-order valence-electron chi connectivity index (χ3n) is 5.03. The van der Waals surface area contributed by atoms with Crippen molar-refractivity contribution in [1.82, 2.24) is 9.97 Å². The third-order valence-corrected chi connectivity index (χ3v) is 6.18. The lowest BCUT2D eigenvalue weighted by molar-refractivity contribution is -0.384. The molecule has 0 fully saturated rings. The number of aromatic nitrogens is 2. The maximum absolute atomic E-state index is 12.7. The molecular weight excluding hydrogens is 364 g/mol. The topological polar surface area (TPSA) is 101 Å². The molecule has 8 heteroatoms. The van der Waals surface area contributed by atoms with Crippen molar-refractivity contribution < 1.29 is 4.92 Å². The van der Waals surface area contributed by atoms with Crippen molar-refractivity contribution in [2.75, 3.05) is 5.32 Å². The van der Waals surface area contributed by atoms with Gasteiger partial charge in [-0.25, -0.2) is 4.98 Å². The van der Waals surface area contributed by atoms with Crippen LogP contribution >= 0.6 is 11.3 Å². The van der Waals surface area contributed by atoms with Crippen LogP contribution in [0.25, 0.3) is 10.2 Å². The van der Waals surface area contributed by atoms with Crippen molar-refractivity contribution >= 4 is 32.9 Å². The molecule has 0 amide bonds. The van der Waals surface area contributed by atoms with Crippen LogP contribution in [0.5, 0.6) is 0 Å². The molecule has 0 unspecified atom stereocenters. The van der Waals surface area contributed by atoms with Crippen LogP contribution in [0.1, 0.15) is 42.6 Å². The average molecular weight is 384 g/mol. The first-order chi connectivity index (χ1) is 12.9. The van der Waals surface area contributed by atoms with E-state index in [1.807, 2.05) is 6.92 Å². The maximum Gasteiger partial charge on any atom is 0.271 e. The quantitative estimate of drug-likeness (QED) is 0.519. The smallest absolute Gasteiger partial charge is 0.271 e. The summed E-state index contributed by atoms with van der Waals surface area (Å²) in [4.78, 5) is 32.9. The Kier molecular flexibility index (Phi) is 4.43. The minimum atomic E-state index is -0.431. The van der Waals surface area contributed by atoms with Crippen molar-refractivity contribution in [3.05, 3.63) is 61.0 Å². The summed E-state index contributed by atoms with van der Waals surface area (Å²) in [5, 5.41) is 14.9. The molecule has 4 rings (SSSR count). The Bertz CT molecular complexity index is 1090. The SMILES string of the molecule is C[C@@H]1CCc2c(sc3nc([C@@H](C)Nc4cccc([N+](=O)[O-])c4)[nH]c(=O)c23)C1. The molecule has 0 radical (unpaired) electrons. The summed E-state index contributed by atoms with van der Waals surface area (Å²) in [6.45, 7) is 4.11. The predicted octanol–water partition coefficient (Wildman–Crippen LogP) is 4.19. The highest BCUT2D eigenvalue weighted by Crippen LogP contribution is 2.36. The van der Waals surface area contributed by atoms with E-state index >= 15 is 0 Å². The minimum Gasteiger partial charge on any atom is -0.375 e. The number of thiophene rings is 1. The number of anilines is 1. The van der Waals surface area contributed by atoms with Gasteiger partial charge < -0.3 is 10.3 Å². The van der Waals surface area contributed by atoms with E-state index < -0.39 is 4.92 Å². The Balaban J connectivity index is 1.67. The molecular formula is C19H20N4O3S. The largest absolute Gasteiger partial charge is 0.375 e.